The van der Waals surface area contributed by atoms with Crippen molar-refractivity contribution >= 4 is 26.5 Å². The van der Waals surface area contributed by atoms with E-state index in [1.807, 2.05) is 6.07 Å². The van der Waals surface area contributed by atoms with Gasteiger partial charge in [-0.05, 0) is 147 Å². The molecule has 62 heavy (non-hydrogen) atoms. The summed E-state index contributed by atoms with van der Waals surface area (Å²) in [6.45, 7) is 35.8. The number of aliphatic hydroxyl groups excluding tert-OH is 1. The number of hydrogen-bond acceptors (Lipinski definition) is 7. The Morgan fingerprint density at radius 3 is 2.13 bits per heavy atom. The summed E-state index contributed by atoms with van der Waals surface area (Å²) in [5, 5.41) is 11.9. The molecule has 0 spiro atoms. The van der Waals surface area contributed by atoms with E-state index in [2.05, 4.69) is 101 Å². The van der Waals surface area contributed by atoms with Crippen molar-refractivity contribution in [2.24, 2.45) is 28.6 Å². The normalized spacial score (nSPS) is 31.0. The van der Waals surface area contributed by atoms with E-state index in [9.17, 15) is 13.5 Å². The molecule has 0 aromatic heterocycles. The molecule has 7 nitrogen and oxygen atoms in total. The molecular weight excluding hydrogens is 825 g/mol. The zero-order valence-electron chi connectivity index (χ0n) is 41.2. The fourth-order valence-electron chi connectivity index (χ4n) is 11.5. The minimum Gasteiger partial charge on any atom is -0.413 e. The topological polar surface area (TPSA) is 91.3 Å². The lowest BCUT2D eigenvalue weighted by Gasteiger charge is -2.46. The number of fused-ring (bicyclic) bond motifs is 1. The van der Waals surface area contributed by atoms with Crippen LogP contribution in [0.15, 0.2) is 70.7 Å². The minimum absolute atomic E-state index is 0.0487. The maximum Gasteiger partial charge on any atom is 0.192 e. The summed E-state index contributed by atoms with van der Waals surface area (Å²) in [6.07, 6.45) is 15.4. The van der Waals surface area contributed by atoms with Gasteiger partial charge in [0.05, 0.1) is 41.7 Å². The average Bonchev–Trinajstić information content (AvgIpc) is 3.67. The van der Waals surface area contributed by atoms with Crippen molar-refractivity contribution in [1.29, 1.82) is 0 Å². The molecule has 10 heteroatoms. The van der Waals surface area contributed by atoms with E-state index < -0.39 is 49.0 Å². The number of ether oxygens (including phenoxy) is 2. The number of hydrogen-bond donors (Lipinski definition) is 1. The van der Waals surface area contributed by atoms with Crippen LogP contribution < -0.4 is 0 Å². The first kappa shape index (κ1) is 50.0. The van der Waals surface area contributed by atoms with Gasteiger partial charge in [0.1, 0.15) is 0 Å². The quantitative estimate of drug-likeness (QED) is 0.165. The van der Waals surface area contributed by atoms with Crippen molar-refractivity contribution in [3.8, 4) is 0 Å². The molecule has 0 bridgehead atoms. The van der Waals surface area contributed by atoms with Crippen LogP contribution in [0.4, 0.5) is 0 Å². The molecule has 1 heterocycles. The zero-order valence-corrected chi connectivity index (χ0v) is 44.0. The van der Waals surface area contributed by atoms with Crippen LogP contribution in [-0.4, -0.2) is 72.7 Å². The summed E-state index contributed by atoms with van der Waals surface area (Å²) in [6, 6.07) is 8.82. The summed E-state index contributed by atoms with van der Waals surface area (Å²) < 4.78 is 56.9. The van der Waals surface area contributed by atoms with E-state index >= 15 is 0 Å². The Balaban J connectivity index is 1.28. The van der Waals surface area contributed by atoms with Crippen molar-refractivity contribution in [3.63, 3.8) is 0 Å². The summed E-state index contributed by atoms with van der Waals surface area (Å²) in [4.78, 5) is 0.285. The number of rotatable bonds is 16. The summed E-state index contributed by atoms with van der Waals surface area (Å²) in [7, 11) is -8.00. The van der Waals surface area contributed by atoms with Crippen molar-refractivity contribution in [2.45, 2.75) is 216 Å². The van der Waals surface area contributed by atoms with Gasteiger partial charge in [-0.2, -0.15) is 0 Å². The highest BCUT2D eigenvalue weighted by Gasteiger charge is 2.65. The van der Waals surface area contributed by atoms with E-state index in [1.165, 1.54) is 11.1 Å². The Kier molecular flexibility index (Phi) is 14.8. The molecule has 0 amide bonds. The molecule has 4 aliphatic carbocycles. The van der Waals surface area contributed by atoms with Gasteiger partial charge in [0.15, 0.2) is 32.3 Å². The van der Waals surface area contributed by atoms with Gasteiger partial charge in [-0.25, -0.2) is 8.42 Å². The average molecular weight is 911 g/mol. The molecule has 350 valence electrons. The SMILES string of the molecule is C=C1C(=CC=C2CCC[C@]3(C)[C@@H]([C@H](C)C(O)C(CC4(C5(CCCC)OCCO5)CC4)S(=O)(=O)c4ccccc4)CC[C@@H]23)C[C@@H](O[Si](C)(C)C(C)(C)C)C[C@@H]1O[Si](C)(C)C(C)(C)C. The van der Waals surface area contributed by atoms with Crippen LogP contribution in [0.2, 0.25) is 36.3 Å². The highest BCUT2D eigenvalue weighted by Crippen LogP contribution is 2.64. The van der Waals surface area contributed by atoms with Crippen molar-refractivity contribution in [3.05, 3.63) is 65.8 Å². The first-order valence-corrected chi connectivity index (χ1v) is 31.8. The molecule has 5 fully saturated rings. The number of unbranched alkanes of at least 4 members (excludes halogenated alkanes) is 1. The number of sulfone groups is 1. The monoisotopic (exact) mass is 911 g/mol. The van der Waals surface area contributed by atoms with Crippen LogP contribution in [0.1, 0.15) is 146 Å². The van der Waals surface area contributed by atoms with Gasteiger partial charge in [0.2, 0.25) is 0 Å². The van der Waals surface area contributed by atoms with Crippen molar-refractivity contribution in [2.75, 3.05) is 13.2 Å². The van der Waals surface area contributed by atoms with Crippen LogP contribution in [-0.2, 0) is 28.2 Å². The maximum atomic E-state index is 14.8. The van der Waals surface area contributed by atoms with Gasteiger partial charge in [-0.15, -0.1) is 0 Å². The molecule has 1 aromatic rings. The minimum atomic E-state index is -3.88. The molecule has 8 atom stereocenters. The van der Waals surface area contributed by atoms with E-state index in [-0.39, 0.29) is 44.4 Å². The molecule has 1 aromatic carbocycles. The lowest BCUT2D eigenvalue weighted by Crippen LogP contribution is -2.49. The Morgan fingerprint density at radius 1 is 0.935 bits per heavy atom. The standard InChI is InChI=1S/C52H86O7SSi2/c1-15-16-29-52(56-32-33-57-52)51(30-31-51)36-46(60(54,55)42-22-18-17-19-23-42)47(53)38(3)43-26-27-44-39(21-20-28-50(43,44)10)24-25-40-34-41(58-61(11,12)48(4,5)6)35-45(37(40)2)59-62(13,14)49(7,8)9/h17-19,22-25,38,41,43-47,53H,2,15-16,20-21,26-36H2,1,3-14H3/t38-,41+,43+,44-,45-,46?,47?,50+/m0/s1. The van der Waals surface area contributed by atoms with Crippen molar-refractivity contribution in [1.82, 2.24) is 0 Å². The largest absolute Gasteiger partial charge is 0.413 e. The molecule has 1 saturated heterocycles. The van der Waals surface area contributed by atoms with Crippen LogP contribution >= 0.6 is 0 Å². The Bertz CT molecular complexity index is 1900. The highest BCUT2D eigenvalue weighted by molar-refractivity contribution is 7.92. The second-order valence-corrected chi connectivity index (χ2v) is 35.3. The Labute approximate surface area is 380 Å². The van der Waals surface area contributed by atoms with Crippen LogP contribution in [0, 0.1) is 28.6 Å². The lowest BCUT2D eigenvalue weighted by atomic mass is 9.60. The van der Waals surface area contributed by atoms with Crippen LogP contribution in [0.3, 0.4) is 0 Å². The van der Waals surface area contributed by atoms with E-state index in [1.54, 1.807) is 24.3 Å². The second kappa shape index (κ2) is 18.4. The van der Waals surface area contributed by atoms with Crippen LogP contribution in [0.25, 0.3) is 0 Å². The summed E-state index contributed by atoms with van der Waals surface area (Å²) >= 11 is 0. The molecule has 6 rings (SSSR count). The smallest absolute Gasteiger partial charge is 0.192 e. The molecule has 2 unspecified atom stereocenters. The fraction of sp³-hybridized carbons (Fsp3) is 0.769. The van der Waals surface area contributed by atoms with Gasteiger partial charge in [-0.1, -0.05) is 111 Å². The predicted octanol–water partition coefficient (Wildman–Crippen LogP) is 13.1. The maximum absolute atomic E-state index is 14.8. The first-order chi connectivity index (χ1) is 28.7. The Hall–Kier alpha value is -1.38. The van der Waals surface area contributed by atoms with Gasteiger partial charge in [-0.3, -0.25) is 0 Å². The zero-order chi connectivity index (χ0) is 45.7. The number of benzene rings is 1. The van der Waals surface area contributed by atoms with Crippen molar-refractivity contribution < 1.29 is 31.9 Å². The third-order valence-electron chi connectivity index (χ3n) is 17.7. The molecular formula is C52H86O7SSi2. The Morgan fingerprint density at radius 2 is 1.55 bits per heavy atom. The third kappa shape index (κ3) is 9.84. The van der Waals surface area contributed by atoms with Gasteiger partial charge >= 0.3 is 0 Å². The highest BCUT2D eigenvalue weighted by atomic mass is 32.2. The molecule has 4 saturated carbocycles. The van der Waals surface area contributed by atoms with Gasteiger partial charge in [0.25, 0.3) is 0 Å². The molecule has 1 N–H and O–H groups in total. The van der Waals surface area contributed by atoms with Gasteiger partial charge in [0, 0.05) is 18.3 Å². The molecule has 0 radical (unpaired) electrons. The number of aliphatic hydroxyl groups is 1. The molecule has 1 aliphatic heterocycles. The van der Waals surface area contributed by atoms with Crippen LogP contribution in [0.5, 0.6) is 0 Å². The summed E-state index contributed by atoms with van der Waals surface area (Å²) in [5.41, 5.74) is 3.36. The summed E-state index contributed by atoms with van der Waals surface area (Å²) in [5.74, 6) is -0.432. The van der Waals surface area contributed by atoms with E-state index in [4.69, 9.17) is 24.9 Å². The second-order valence-electron chi connectivity index (χ2n) is 23.6. The first-order valence-electron chi connectivity index (χ1n) is 24.4. The fourth-order valence-corrected chi connectivity index (χ4v) is 16.2. The van der Waals surface area contributed by atoms with E-state index in [0.717, 1.165) is 82.6 Å². The lowest BCUT2D eigenvalue weighted by molar-refractivity contribution is -0.214. The predicted molar refractivity (Wildman–Crippen MR) is 260 cm³/mol. The number of allylic oxidation sites excluding steroid dienone is 3. The molecule has 5 aliphatic rings. The third-order valence-corrected chi connectivity index (χ3v) is 28.9. The van der Waals surface area contributed by atoms with E-state index in [0.29, 0.717) is 25.6 Å². The van der Waals surface area contributed by atoms with Gasteiger partial charge < -0.3 is 23.4 Å².